The van der Waals surface area contributed by atoms with Gasteiger partial charge in [-0.2, -0.15) is 0 Å². The molecule has 10 nitrogen and oxygen atoms in total. The summed E-state index contributed by atoms with van der Waals surface area (Å²) in [5.74, 6) is -2.71. The Hall–Kier alpha value is -3.79. The number of esters is 4. The molecule has 48 heavy (non-hydrogen) atoms. The van der Waals surface area contributed by atoms with E-state index in [1.807, 2.05) is 36.4 Å². The van der Waals surface area contributed by atoms with Crippen molar-refractivity contribution in [3.05, 3.63) is 54.6 Å². The summed E-state index contributed by atoms with van der Waals surface area (Å²) in [6, 6.07) is 8.63. The summed E-state index contributed by atoms with van der Waals surface area (Å²) < 4.78 is 23.4. The first-order chi connectivity index (χ1) is 21.9. The smallest absolute Gasteiger partial charge is 0.311 e. The maximum absolute atomic E-state index is 13.5. The van der Waals surface area contributed by atoms with E-state index in [9.17, 15) is 24.3 Å². The summed E-state index contributed by atoms with van der Waals surface area (Å²) in [5.41, 5.74) is -3.05. The summed E-state index contributed by atoms with van der Waals surface area (Å²) in [7, 11) is 0. The van der Waals surface area contributed by atoms with Crippen molar-refractivity contribution in [1.82, 2.24) is 0 Å². The van der Waals surface area contributed by atoms with Gasteiger partial charge in [-0.1, -0.05) is 42.5 Å². The van der Waals surface area contributed by atoms with Crippen molar-refractivity contribution in [2.45, 2.75) is 120 Å². The number of hydrogen-bond donors (Lipinski definition) is 1. The molecule has 1 aromatic carbocycles. The average molecular weight is 672 g/mol. The van der Waals surface area contributed by atoms with Gasteiger partial charge >= 0.3 is 23.9 Å². The van der Waals surface area contributed by atoms with Crippen molar-refractivity contribution in [2.75, 3.05) is 6.61 Å². The highest BCUT2D eigenvalue weighted by Crippen LogP contribution is 2.30. The zero-order valence-corrected chi connectivity index (χ0v) is 30.9. The second-order valence-corrected chi connectivity index (χ2v) is 15.9. The lowest BCUT2D eigenvalue weighted by Gasteiger charge is -2.39. The summed E-state index contributed by atoms with van der Waals surface area (Å²) in [6.45, 7) is 22.9. The minimum Gasteiger partial charge on any atom is -0.462 e. The predicted octanol–water partition coefficient (Wildman–Crippen LogP) is 6.54. The van der Waals surface area contributed by atoms with E-state index >= 15 is 0 Å². The van der Waals surface area contributed by atoms with Crippen molar-refractivity contribution in [1.29, 1.82) is 0 Å². The van der Waals surface area contributed by atoms with Crippen LogP contribution >= 0.6 is 0 Å². The molecular formula is C38H57NO9. The molecule has 0 unspecified atom stereocenters. The van der Waals surface area contributed by atoms with Crippen molar-refractivity contribution < 1.29 is 43.2 Å². The van der Waals surface area contributed by atoms with Gasteiger partial charge in [0.05, 0.1) is 27.7 Å². The van der Waals surface area contributed by atoms with Gasteiger partial charge in [0.15, 0.2) is 18.3 Å². The molecule has 0 saturated carbocycles. The van der Waals surface area contributed by atoms with Gasteiger partial charge in [0, 0.05) is 6.21 Å². The Morgan fingerprint density at radius 2 is 1.15 bits per heavy atom. The molecule has 0 aliphatic carbocycles. The fourth-order valence-corrected chi connectivity index (χ4v) is 3.75. The van der Waals surface area contributed by atoms with Crippen molar-refractivity contribution in [3.63, 3.8) is 0 Å². The first kappa shape index (κ1) is 42.2. The number of rotatable bonds is 14. The number of aliphatic hydroxyl groups excluding tert-OH is 1. The van der Waals surface area contributed by atoms with E-state index in [1.165, 1.54) is 6.21 Å². The van der Waals surface area contributed by atoms with Gasteiger partial charge in [-0.3, -0.25) is 24.2 Å². The molecule has 268 valence electrons. The molecule has 0 amide bonds. The van der Waals surface area contributed by atoms with Gasteiger partial charge in [-0.05, 0) is 101 Å². The fourth-order valence-electron chi connectivity index (χ4n) is 3.75. The van der Waals surface area contributed by atoms with Crippen LogP contribution in [-0.2, 0) is 38.1 Å². The second kappa shape index (κ2) is 17.6. The molecular weight excluding hydrogens is 614 g/mol. The number of allylic oxidation sites excluding steroid dienone is 1. The van der Waals surface area contributed by atoms with Crippen LogP contribution in [0.4, 0.5) is 0 Å². The monoisotopic (exact) mass is 671 g/mol. The van der Waals surface area contributed by atoms with Crippen LogP contribution in [-0.4, -0.2) is 72.3 Å². The molecule has 10 heteroatoms. The molecule has 0 heterocycles. The first-order valence-corrected chi connectivity index (χ1v) is 16.2. The Bertz CT molecular complexity index is 1290. The molecule has 5 atom stereocenters. The van der Waals surface area contributed by atoms with Gasteiger partial charge in [0.1, 0.15) is 12.7 Å². The van der Waals surface area contributed by atoms with E-state index in [0.717, 1.165) is 5.56 Å². The molecule has 0 aliphatic heterocycles. The average Bonchev–Trinajstić information content (AvgIpc) is 2.96. The number of aliphatic imine (C=N–C) groups is 1. The van der Waals surface area contributed by atoms with Crippen LogP contribution in [0.3, 0.4) is 0 Å². The zero-order chi connectivity index (χ0) is 37.1. The zero-order valence-electron chi connectivity index (χ0n) is 30.9. The largest absolute Gasteiger partial charge is 0.462 e. The number of ether oxygens (including phenoxy) is 4. The quantitative estimate of drug-likeness (QED) is 0.101. The van der Waals surface area contributed by atoms with Crippen molar-refractivity contribution >= 4 is 36.2 Å². The molecule has 0 fully saturated rings. The highest BCUT2D eigenvalue weighted by molar-refractivity contribution is 5.79. The predicted molar refractivity (Wildman–Crippen MR) is 187 cm³/mol. The maximum Gasteiger partial charge on any atom is 0.311 e. The summed E-state index contributed by atoms with van der Waals surface area (Å²) in [6.07, 6.45) is 0.492. The van der Waals surface area contributed by atoms with E-state index in [1.54, 1.807) is 95.2 Å². The molecule has 1 rings (SSSR count). The van der Waals surface area contributed by atoms with E-state index in [2.05, 4.69) is 11.6 Å². The lowest BCUT2D eigenvalue weighted by molar-refractivity contribution is -0.209. The SMILES string of the molecule is C=CC[C@@H](N=C/C=C/c1ccccc1)[C@H](OC(=O)C(C)(C)C)[C@@H](OC(=O)C(C)(C)C)[C@@H](OC(=O)C(C)(C)C)[C@H](O)COC(=O)C(C)(C)C. The lowest BCUT2D eigenvalue weighted by Crippen LogP contribution is -2.57. The van der Waals surface area contributed by atoms with Gasteiger partial charge in [-0.25, -0.2) is 0 Å². The molecule has 1 aromatic rings. The van der Waals surface area contributed by atoms with Gasteiger partial charge in [0.25, 0.3) is 0 Å². The van der Waals surface area contributed by atoms with Crippen molar-refractivity contribution in [2.24, 2.45) is 26.7 Å². The molecule has 0 aromatic heterocycles. The molecule has 0 bridgehead atoms. The number of benzene rings is 1. The Morgan fingerprint density at radius 3 is 1.58 bits per heavy atom. The number of aliphatic hydroxyl groups is 1. The van der Waals surface area contributed by atoms with Crippen molar-refractivity contribution in [3.8, 4) is 0 Å². The molecule has 0 aliphatic rings. The highest BCUT2D eigenvalue weighted by Gasteiger charge is 2.48. The minimum atomic E-state index is -1.69. The first-order valence-electron chi connectivity index (χ1n) is 16.2. The van der Waals surface area contributed by atoms with E-state index in [-0.39, 0.29) is 6.42 Å². The minimum absolute atomic E-state index is 0.149. The van der Waals surface area contributed by atoms with Gasteiger partial charge in [-0.15, -0.1) is 6.58 Å². The molecule has 1 N–H and O–H groups in total. The lowest BCUT2D eigenvalue weighted by atomic mass is 9.91. The van der Waals surface area contributed by atoms with Crippen LogP contribution in [0.15, 0.2) is 54.1 Å². The summed E-state index contributed by atoms with van der Waals surface area (Å²) >= 11 is 0. The van der Waals surface area contributed by atoms with Crippen LogP contribution < -0.4 is 0 Å². The molecule has 0 saturated heterocycles. The Labute approximate surface area is 287 Å². The number of hydrogen-bond acceptors (Lipinski definition) is 10. The van der Waals surface area contributed by atoms with E-state index < -0.39 is 82.6 Å². The number of carbonyl (C=O) groups is 4. The topological polar surface area (TPSA) is 138 Å². The number of carbonyl (C=O) groups excluding carboxylic acids is 4. The normalized spacial score (nSPS) is 16.0. The molecule has 0 radical (unpaired) electrons. The Balaban J connectivity index is 3.92. The van der Waals surface area contributed by atoms with Crippen LogP contribution in [0.2, 0.25) is 0 Å². The van der Waals surface area contributed by atoms with Gasteiger partial charge < -0.3 is 24.1 Å². The van der Waals surface area contributed by atoms with Crippen LogP contribution in [0, 0.1) is 21.7 Å². The Morgan fingerprint density at radius 1 is 0.708 bits per heavy atom. The fraction of sp³-hybridized carbons (Fsp3) is 0.605. The standard InChI is InChI=1S/C38H57NO9/c1-14-19-26(39-23-18-22-25-20-16-15-17-21-25)28(46-32(42)36(5,6)7)30(48-34(44)38(11,12)13)29(47-33(43)37(8,9)10)27(40)24-45-31(41)35(2,3)4/h14-18,20-23,26-30,40H,1,19,24H2,2-13H3/b22-18+,39-23?/t26-,27-,28+,29+,30-/m1/s1. The van der Waals surface area contributed by atoms with E-state index in [4.69, 9.17) is 18.9 Å². The third kappa shape index (κ3) is 14.1. The van der Waals surface area contributed by atoms with Crippen LogP contribution in [0.5, 0.6) is 0 Å². The Kier molecular flexibility index (Phi) is 15.5. The van der Waals surface area contributed by atoms with Crippen LogP contribution in [0.25, 0.3) is 6.08 Å². The van der Waals surface area contributed by atoms with Gasteiger partial charge in [0.2, 0.25) is 0 Å². The molecule has 0 spiro atoms. The summed E-state index contributed by atoms with van der Waals surface area (Å²) in [5, 5.41) is 11.6. The second-order valence-electron chi connectivity index (χ2n) is 15.9. The maximum atomic E-state index is 13.5. The van der Waals surface area contributed by atoms with E-state index in [0.29, 0.717) is 0 Å². The third-order valence-electron chi connectivity index (χ3n) is 6.83. The van der Waals surface area contributed by atoms with Crippen LogP contribution in [0.1, 0.15) is 95.1 Å². The number of nitrogens with zero attached hydrogens (tertiary/aromatic N) is 1. The third-order valence-corrected chi connectivity index (χ3v) is 6.83. The summed E-state index contributed by atoms with van der Waals surface area (Å²) in [4.78, 5) is 57.7. The highest BCUT2D eigenvalue weighted by atomic mass is 16.6.